The van der Waals surface area contributed by atoms with Crippen LogP contribution in [0.25, 0.3) is 0 Å². The summed E-state index contributed by atoms with van der Waals surface area (Å²) in [5.74, 6) is 0.456. The molecule has 1 N–H and O–H groups in total. The van der Waals surface area contributed by atoms with Crippen molar-refractivity contribution < 1.29 is 9.59 Å². The van der Waals surface area contributed by atoms with Gasteiger partial charge < -0.3 is 10.2 Å². The Morgan fingerprint density at radius 2 is 1.67 bits per heavy atom. The van der Waals surface area contributed by atoms with Crippen LogP contribution in [0.1, 0.15) is 44.9 Å². The lowest BCUT2D eigenvalue weighted by Crippen LogP contribution is -2.41. The molecule has 0 atom stereocenters. The van der Waals surface area contributed by atoms with Crippen molar-refractivity contribution in [1.82, 2.24) is 4.90 Å². The molecule has 2 fully saturated rings. The van der Waals surface area contributed by atoms with Gasteiger partial charge in [0.2, 0.25) is 11.8 Å². The van der Waals surface area contributed by atoms with Gasteiger partial charge in [-0.2, -0.15) is 0 Å². The minimum Gasteiger partial charge on any atom is -0.342 e. The zero-order valence-corrected chi connectivity index (χ0v) is 14.7. The van der Waals surface area contributed by atoms with Crippen LogP contribution < -0.4 is 5.32 Å². The summed E-state index contributed by atoms with van der Waals surface area (Å²) in [7, 11) is 0. The van der Waals surface area contributed by atoms with Crippen molar-refractivity contribution in [3.05, 3.63) is 29.3 Å². The number of amides is 2. The standard InChI is InChI=1S/C19H25ClN2O2/c20-16-5-4-6-17(13-16)21-18(23)14-7-9-15(10-8-14)19(24)22-11-2-1-3-12-22/h4-6,13-15H,1-3,7-12H2,(H,21,23). The second kappa shape index (κ2) is 8.02. The van der Waals surface area contributed by atoms with E-state index in [0.29, 0.717) is 10.9 Å². The van der Waals surface area contributed by atoms with Crippen molar-refractivity contribution in [3.63, 3.8) is 0 Å². The molecule has 0 unspecified atom stereocenters. The largest absolute Gasteiger partial charge is 0.342 e. The molecule has 1 aliphatic carbocycles. The molecule has 1 aliphatic heterocycles. The Hall–Kier alpha value is -1.55. The maximum atomic E-state index is 12.6. The third kappa shape index (κ3) is 4.29. The van der Waals surface area contributed by atoms with E-state index < -0.39 is 0 Å². The number of halogens is 1. The molecular weight excluding hydrogens is 324 g/mol. The second-order valence-corrected chi connectivity index (χ2v) is 7.37. The zero-order valence-electron chi connectivity index (χ0n) is 14.0. The van der Waals surface area contributed by atoms with Crippen molar-refractivity contribution in [2.24, 2.45) is 11.8 Å². The van der Waals surface area contributed by atoms with Crippen molar-refractivity contribution in [3.8, 4) is 0 Å². The van der Waals surface area contributed by atoms with E-state index in [-0.39, 0.29) is 17.7 Å². The summed E-state index contributed by atoms with van der Waals surface area (Å²) in [4.78, 5) is 27.0. The van der Waals surface area contributed by atoms with Crippen LogP contribution in [0.4, 0.5) is 5.69 Å². The van der Waals surface area contributed by atoms with E-state index in [4.69, 9.17) is 11.6 Å². The van der Waals surface area contributed by atoms with Crippen LogP contribution in [0.5, 0.6) is 0 Å². The normalized spacial score (nSPS) is 24.5. The average Bonchev–Trinajstić information content (AvgIpc) is 2.62. The van der Waals surface area contributed by atoms with Crippen molar-refractivity contribution in [2.75, 3.05) is 18.4 Å². The monoisotopic (exact) mass is 348 g/mol. The first-order chi connectivity index (χ1) is 11.6. The van der Waals surface area contributed by atoms with E-state index >= 15 is 0 Å². The van der Waals surface area contributed by atoms with Gasteiger partial charge in [0, 0.05) is 35.6 Å². The molecule has 3 rings (SSSR count). The maximum Gasteiger partial charge on any atom is 0.227 e. The molecule has 1 saturated carbocycles. The highest BCUT2D eigenvalue weighted by Gasteiger charge is 2.32. The molecule has 4 nitrogen and oxygen atoms in total. The molecule has 2 aliphatic rings. The molecule has 2 amide bonds. The Bertz CT molecular complexity index is 591. The number of anilines is 1. The van der Waals surface area contributed by atoms with Gasteiger partial charge in [0.15, 0.2) is 0 Å². The Morgan fingerprint density at radius 3 is 2.33 bits per heavy atom. The van der Waals surface area contributed by atoms with Crippen molar-refractivity contribution in [2.45, 2.75) is 44.9 Å². The first-order valence-electron chi connectivity index (χ1n) is 8.99. The van der Waals surface area contributed by atoms with Crippen LogP contribution in [-0.4, -0.2) is 29.8 Å². The van der Waals surface area contributed by atoms with Crippen LogP contribution in [0.15, 0.2) is 24.3 Å². The highest BCUT2D eigenvalue weighted by Crippen LogP contribution is 2.31. The average molecular weight is 349 g/mol. The maximum absolute atomic E-state index is 12.6. The molecular formula is C19H25ClN2O2. The van der Waals surface area contributed by atoms with E-state index in [1.54, 1.807) is 12.1 Å². The van der Waals surface area contributed by atoms with Gasteiger partial charge in [0.25, 0.3) is 0 Å². The summed E-state index contributed by atoms with van der Waals surface area (Å²) in [6, 6.07) is 7.21. The summed E-state index contributed by atoms with van der Waals surface area (Å²) in [5.41, 5.74) is 0.735. The van der Waals surface area contributed by atoms with Crippen LogP contribution >= 0.6 is 11.6 Å². The molecule has 0 aromatic heterocycles. The quantitative estimate of drug-likeness (QED) is 0.894. The number of carbonyl (C=O) groups excluding carboxylic acids is 2. The summed E-state index contributed by atoms with van der Waals surface area (Å²) in [6.45, 7) is 1.82. The van der Waals surface area contributed by atoms with Gasteiger partial charge in [-0.05, 0) is 63.1 Å². The van der Waals surface area contributed by atoms with Gasteiger partial charge >= 0.3 is 0 Å². The Labute approximate surface area is 148 Å². The molecule has 24 heavy (non-hydrogen) atoms. The summed E-state index contributed by atoms with van der Waals surface area (Å²) < 4.78 is 0. The SMILES string of the molecule is O=C(Nc1cccc(Cl)c1)C1CCC(C(=O)N2CCCCC2)CC1. The highest BCUT2D eigenvalue weighted by atomic mass is 35.5. The lowest BCUT2D eigenvalue weighted by molar-refractivity contribution is -0.138. The molecule has 1 saturated heterocycles. The Morgan fingerprint density at radius 1 is 1.00 bits per heavy atom. The van der Waals surface area contributed by atoms with Crippen LogP contribution in [0.2, 0.25) is 5.02 Å². The molecule has 0 bridgehead atoms. The number of rotatable bonds is 3. The summed E-state index contributed by atoms with van der Waals surface area (Å²) >= 11 is 5.95. The number of hydrogen-bond donors (Lipinski definition) is 1. The molecule has 1 heterocycles. The van der Waals surface area contributed by atoms with Crippen molar-refractivity contribution >= 4 is 29.1 Å². The van der Waals surface area contributed by atoms with Gasteiger partial charge in [-0.1, -0.05) is 17.7 Å². The van der Waals surface area contributed by atoms with E-state index in [0.717, 1.165) is 57.3 Å². The smallest absolute Gasteiger partial charge is 0.227 e. The fourth-order valence-electron chi connectivity index (χ4n) is 3.79. The number of likely N-dealkylation sites (tertiary alicyclic amines) is 1. The topological polar surface area (TPSA) is 49.4 Å². The van der Waals surface area contributed by atoms with Crippen molar-refractivity contribution in [1.29, 1.82) is 0 Å². The van der Waals surface area contributed by atoms with Gasteiger partial charge in [-0.3, -0.25) is 9.59 Å². The Balaban J connectivity index is 1.49. The first kappa shape index (κ1) is 17.3. The first-order valence-corrected chi connectivity index (χ1v) is 9.36. The molecule has 0 spiro atoms. The highest BCUT2D eigenvalue weighted by molar-refractivity contribution is 6.30. The number of hydrogen-bond acceptors (Lipinski definition) is 2. The minimum atomic E-state index is -0.00520. The van der Waals surface area contributed by atoms with Crippen LogP contribution in [0.3, 0.4) is 0 Å². The fourth-order valence-corrected chi connectivity index (χ4v) is 3.98. The fraction of sp³-hybridized carbons (Fsp3) is 0.579. The molecule has 0 radical (unpaired) electrons. The third-order valence-corrected chi connectivity index (χ3v) is 5.44. The predicted octanol–water partition coefficient (Wildman–Crippen LogP) is 4.10. The molecule has 130 valence electrons. The van der Waals surface area contributed by atoms with E-state index in [1.807, 2.05) is 17.0 Å². The molecule has 1 aromatic rings. The number of benzene rings is 1. The lowest BCUT2D eigenvalue weighted by Gasteiger charge is -2.33. The predicted molar refractivity (Wildman–Crippen MR) is 96.0 cm³/mol. The third-order valence-electron chi connectivity index (χ3n) is 5.21. The lowest BCUT2D eigenvalue weighted by atomic mass is 9.80. The van der Waals surface area contributed by atoms with E-state index in [9.17, 15) is 9.59 Å². The van der Waals surface area contributed by atoms with Gasteiger partial charge in [-0.15, -0.1) is 0 Å². The van der Waals surface area contributed by atoms with Gasteiger partial charge in [0.1, 0.15) is 0 Å². The number of nitrogens with one attached hydrogen (secondary N) is 1. The summed E-state index contributed by atoms with van der Waals surface area (Å²) in [5, 5.41) is 3.56. The van der Waals surface area contributed by atoms with E-state index in [2.05, 4.69) is 5.32 Å². The second-order valence-electron chi connectivity index (χ2n) is 6.93. The van der Waals surface area contributed by atoms with E-state index in [1.165, 1.54) is 6.42 Å². The van der Waals surface area contributed by atoms with Crippen LogP contribution in [0, 0.1) is 11.8 Å². The number of nitrogens with zero attached hydrogens (tertiary/aromatic N) is 1. The van der Waals surface area contributed by atoms with Crippen LogP contribution in [-0.2, 0) is 9.59 Å². The zero-order chi connectivity index (χ0) is 16.9. The molecule has 5 heteroatoms. The summed E-state index contributed by atoms with van der Waals surface area (Å²) in [6.07, 6.45) is 6.71. The molecule has 1 aromatic carbocycles. The number of piperidine rings is 1. The Kier molecular flexibility index (Phi) is 5.77. The van der Waals surface area contributed by atoms with Gasteiger partial charge in [0.05, 0.1) is 0 Å². The number of carbonyl (C=O) groups is 2. The van der Waals surface area contributed by atoms with Gasteiger partial charge in [-0.25, -0.2) is 0 Å². The minimum absolute atomic E-state index is 0.00520.